The Morgan fingerprint density at radius 2 is 0.959 bits per heavy atom. The number of hydrogen-bond donors (Lipinski definition) is 4. The summed E-state index contributed by atoms with van der Waals surface area (Å²) < 4.78 is 28.0. The maximum Gasteiger partial charge on any atom is 0.291 e. The Kier molecular flexibility index (Phi) is 13.1. The number of halogens is 2. The second kappa shape index (κ2) is 17.9. The highest BCUT2D eigenvalue weighted by Gasteiger charge is 2.15. The summed E-state index contributed by atoms with van der Waals surface area (Å²) in [5.41, 5.74) is 3.03. The second-order valence-electron chi connectivity index (χ2n) is 11.3. The van der Waals surface area contributed by atoms with Crippen molar-refractivity contribution in [2.24, 2.45) is 0 Å². The zero-order valence-corrected chi connectivity index (χ0v) is 26.6. The van der Waals surface area contributed by atoms with Gasteiger partial charge in [-0.15, -0.1) is 0 Å². The molecule has 4 N–H and O–H groups in total. The van der Waals surface area contributed by atoms with Gasteiger partial charge >= 0.3 is 0 Å². The molecule has 0 unspecified atom stereocenters. The van der Waals surface area contributed by atoms with E-state index in [-0.39, 0.29) is 24.7 Å². The maximum atomic E-state index is 14.0. The van der Waals surface area contributed by atoms with Crippen LogP contribution in [-0.4, -0.2) is 46.7 Å². The quantitative estimate of drug-likeness (QED) is 0.0489. The topological polar surface area (TPSA) is 133 Å². The monoisotopic (exact) mass is 666 g/mol. The molecular formula is C39H36F2N2O6. The van der Waals surface area contributed by atoms with Gasteiger partial charge < -0.3 is 20.8 Å². The Morgan fingerprint density at radius 1 is 0.551 bits per heavy atom. The molecule has 4 rings (SSSR count). The highest BCUT2D eigenvalue weighted by atomic mass is 19.1. The summed E-state index contributed by atoms with van der Waals surface area (Å²) in [6, 6.07) is 25.9. The predicted molar refractivity (Wildman–Crippen MR) is 182 cm³/mol. The number of carbonyl (C=O) groups excluding carboxylic acids is 4. The molecule has 0 saturated heterocycles. The highest BCUT2D eigenvalue weighted by Crippen LogP contribution is 2.19. The molecule has 4 aromatic carbocycles. The van der Waals surface area contributed by atoms with Gasteiger partial charge in [0.05, 0.1) is 0 Å². The van der Waals surface area contributed by atoms with Crippen molar-refractivity contribution in [3.63, 3.8) is 0 Å². The van der Waals surface area contributed by atoms with Gasteiger partial charge in [0.25, 0.3) is 11.8 Å². The van der Waals surface area contributed by atoms with Crippen molar-refractivity contribution in [1.82, 2.24) is 10.6 Å². The molecule has 0 aromatic heterocycles. The van der Waals surface area contributed by atoms with E-state index in [4.69, 9.17) is 0 Å². The van der Waals surface area contributed by atoms with Crippen molar-refractivity contribution in [2.75, 3.05) is 13.1 Å². The number of rotatable bonds is 16. The minimum atomic E-state index is -0.934. The molecule has 0 aliphatic carbocycles. The van der Waals surface area contributed by atoms with Gasteiger partial charge in [-0.2, -0.15) is 0 Å². The molecule has 0 bridgehead atoms. The summed E-state index contributed by atoms with van der Waals surface area (Å²) in [6.07, 6.45) is 3.78. The van der Waals surface area contributed by atoms with Gasteiger partial charge in [0.15, 0.2) is 0 Å². The zero-order chi connectivity index (χ0) is 35.2. The van der Waals surface area contributed by atoms with Crippen molar-refractivity contribution >= 4 is 34.9 Å². The number of amides is 2. The van der Waals surface area contributed by atoms with E-state index in [0.29, 0.717) is 54.4 Å². The minimum Gasteiger partial charge on any atom is -0.507 e. The van der Waals surface area contributed by atoms with Crippen LogP contribution < -0.4 is 10.6 Å². The third kappa shape index (κ3) is 11.1. The third-order valence-electron chi connectivity index (χ3n) is 7.56. The van der Waals surface area contributed by atoms with Crippen LogP contribution in [0, 0.1) is 11.6 Å². The summed E-state index contributed by atoms with van der Waals surface area (Å²) in [5, 5.41) is 25.8. The zero-order valence-electron chi connectivity index (χ0n) is 26.6. The SMILES string of the molecule is O=C(/C=C(\O)c1cccc(Cc2ccccc2F)c1)C(=O)NCCCCCNC(=O)C(=O)/C=C(/O)c1cccc(Cc2ccccc2F)c1. The molecule has 2 amide bonds. The van der Waals surface area contributed by atoms with Crippen molar-refractivity contribution in [3.05, 3.63) is 154 Å². The Balaban J connectivity index is 1.15. The number of aliphatic hydroxyl groups is 2. The van der Waals surface area contributed by atoms with Crippen LogP contribution in [0.3, 0.4) is 0 Å². The van der Waals surface area contributed by atoms with Gasteiger partial charge in [0, 0.05) is 49.2 Å². The molecule has 0 spiro atoms. The molecule has 0 aliphatic heterocycles. The number of nitrogens with one attached hydrogen (secondary N) is 2. The number of aliphatic hydroxyl groups excluding tert-OH is 2. The van der Waals surface area contributed by atoms with E-state index >= 15 is 0 Å². The highest BCUT2D eigenvalue weighted by molar-refractivity contribution is 6.42. The molecular weight excluding hydrogens is 630 g/mol. The summed E-state index contributed by atoms with van der Waals surface area (Å²) in [7, 11) is 0. The lowest BCUT2D eigenvalue weighted by Crippen LogP contribution is -2.32. The van der Waals surface area contributed by atoms with Gasteiger partial charge in [0.1, 0.15) is 23.2 Å². The van der Waals surface area contributed by atoms with Crippen LogP contribution in [0.2, 0.25) is 0 Å². The Labute approximate surface area is 282 Å². The fourth-order valence-corrected chi connectivity index (χ4v) is 4.96. The van der Waals surface area contributed by atoms with E-state index < -0.39 is 34.9 Å². The smallest absolute Gasteiger partial charge is 0.291 e. The van der Waals surface area contributed by atoms with Crippen molar-refractivity contribution in [3.8, 4) is 0 Å². The molecule has 252 valence electrons. The molecule has 8 nitrogen and oxygen atoms in total. The first-order valence-corrected chi connectivity index (χ1v) is 15.7. The average Bonchev–Trinajstić information content (AvgIpc) is 3.09. The lowest BCUT2D eigenvalue weighted by molar-refractivity contribution is -0.135. The molecule has 0 fully saturated rings. The normalized spacial score (nSPS) is 11.6. The Morgan fingerprint density at radius 3 is 1.37 bits per heavy atom. The summed E-state index contributed by atoms with van der Waals surface area (Å²) in [4.78, 5) is 49.1. The fraction of sp³-hybridized carbons (Fsp3) is 0.179. The van der Waals surface area contributed by atoms with Gasteiger partial charge in [-0.05, 0) is 65.8 Å². The van der Waals surface area contributed by atoms with Gasteiger partial charge in [-0.3, -0.25) is 19.2 Å². The van der Waals surface area contributed by atoms with Crippen LogP contribution in [0.1, 0.15) is 52.6 Å². The largest absolute Gasteiger partial charge is 0.507 e. The van der Waals surface area contributed by atoms with E-state index in [1.165, 1.54) is 12.1 Å². The summed E-state index contributed by atoms with van der Waals surface area (Å²) in [6.45, 7) is 0.355. The van der Waals surface area contributed by atoms with Crippen molar-refractivity contribution < 1.29 is 38.2 Å². The Hall–Kier alpha value is -5.90. The van der Waals surface area contributed by atoms with Crippen LogP contribution in [0.5, 0.6) is 0 Å². The van der Waals surface area contributed by atoms with E-state index in [0.717, 1.165) is 23.3 Å². The van der Waals surface area contributed by atoms with Crippen LogP contribution >= 0.6 is 0 Å². The first-order chi connectivity index (χ1) is 23.6. The minimum absolute atomic E-state index is 0.177. The van der Waals surface area contributed by atoms with Crippen molar-refractivity contribution in [2.45, 2.75) is 32.1 Å². The first kappa shape index (κ1) is 35.9. The van der Waals surface area contributed by atoms with Crippen LogP contribution in [0.15, 0.2) is 109 Å². The van der Waals surface area contributed by atoms with Crippen molar-refractivity contribution in [1.29, 1.82) is 0 Å². The summed E-state index contributed by atoms with van der Waals surface area (Å²) in [5.74, 6) is -5.12. The molecule has 49 heavy (non-hydrogen) atoms. The van der Waals surface area contributed by atoms with Gasteiger partial charge in [-0.1, -0.05) is 72.8 Å². The standard InChI is InChI=1S/C39H36F2N2O6/c40-32-16-4-2-12-28(32)20-26-10-8-14-30(22-26)34(44)24-36(46)38(48)42-18-6-1-7-19-43-39(49)37(47)25-35(45)31-15-9-11-27(23-31)21-29-13-3-5-17-33(29)41/h2-5,8-17,22-25,44-45H,1,6-7,18-21H2,(H,42,48)(H,43,49)/b34-24-,35-25+. The molecule has 0 saturated carbocycles. The van der Waals surface area contributed by atoms with Gasteiger partial charge in [-0.25, -0.2) is 8.78 Å². The Bertz CT molecular complexity index is 1750. The number of benzene rings is 4. The number of carbonyl (C=O) groups is 4. The molecule has 0 radical (unpaired) electrons. The van der Waals surface area contributed by atoms with Gasteiger partial charge in [0.2, 0.25) is 11.6 Å². The maximum absolute atomic E-state index is 14.0. The second-order valence-corrected chi connectivity index (χ2v) is 11.3. The summed E-state index contributed by atoms with van der Waals surface area (Å²) >= 11 is 0. The molecule has 0 heterocycles. The average molecular weight is 667 g/mol. The van der Waals surface area contributed by atoms with Crippen LogP contribution in [0.4, 0.5) is 8.78 Å². The number of unbranched alkanes of at least 4 members (excludes halogenated alkanes) is 2. The molecule has 10 heteroatoms. The van der Waals surface area contributed by atoms with E-state index in [2.05, 4.69) is 10.6 Å². The van der Waals surface area contributed by atoms with E-state index in [1.807, 2.05) is 0 Å². The van der Waals surface area contributed by atoms with Crippen LogP contribution in [-0.2, 0) is 32.0 Å². The van der Waals surface area contributed by atoms with E-state index in [1.54, 1.807) is 84.9 Å². The number of hydrogen-bond acceptors (Lipinski definition) is 6. The molecule has 0 atom stereocenters. The predicted octanol–water partition coefficient (Wildman–Crippen LogP) is 6.19. The third-order valence-corrected chi connectivity index (χ3v) is 7.56. The lowest BCUT2D eigenvalue weighted by Gasteiger charge is -2.07. The number of ketones is 2. The molecule has 4 aromatic rings. The van der Waals surface area contributed by atoms with Crippen LogP contribution in [0.25, 0.3) is 11.5 Å². The first-order valence-electron chi connectivity index (χ1n) is 15.7. The fourth-order valence-electron chi connectivity index (χ4n) is 4.96. The lowest BCUT2D eigenvalue weighted by atomic mass is 10.0. The van der Waals surface area contributed by atoms with E-state index in [9.17, 15) is 38.2 Å². The molecule has 0 aliphatic rings.